The highest BCUT2D eigenvalue weighted by atomic mass is 16.5. The van der Waals surface area contributed by atoms with Crippen molar-refractivity contribution in [3.8, 4) is 11.5 Å². The van der Waals surface area contributed by atoms with Crippen LogP contribution < -0.4 is 9.47 Å². The highest BCUT2D eigenvalue weighted by molar-refractivity contribution is 5.37. The molecule has 1 aromatic carbocycles. The first-order valence-corrected chi connectivity index (χ1v) is 7.16. The minimum absolute atomic E-state index is 0.471. The summed E-state index contributed by atoms with van der Waals surface area (Å²) in [5.41, 5.74) is 3.69. The standard InChI is InChI=1S/C17H20N2O2/c1-19-8-7-13-3-5-16(9-14(13)11-19)21-12-15-4-6-17(20-2)10-18-15/h3-6,9-10H,7-8,11-12H2,1-2H3. The Balaban J connectivity index is 1.66. The number of methoxy groups -OCH3 is 1. The van der Waals surface area contributed by atoms with Gasteiger partial charge < -0.3 is 14.4 Å². The largest absolute Gasteiger partial charge is 0.495 e. The zero-order chi connectivity index (χ0) is 14.7. The molecule has 0 atom stereocenters. The third-order valence-corrected chi connectivity index (χ3v) is 3.80. The summed E-state index contributed by atoms with van der Waals surface area (Å²) in [7, 11) is 3.79. The Morgan fingerprint density at radius 3 is 2.76 bits per heavy atom. The number of hydrogen-bond donors (Lipinski definition) is 0. The van der Waals surface area contributed by atoms with E-state index in [1.807, 2.05) is 18.2 Å². The maximum atomic E-state index is 5.85. The van der Waals surface area contributed by atoms with E-state index < -0.39 is 0 Å². The molecule has 0 unspecified atom stereocenters. The molecule has 0 fully saturated rings. The van der Waals surface area contributed by atoms with Crippen molar-refractivity contribution in [2.24, 2.45) is 0 Å². The van der Waals surface area contributed by atoms with Gasteiger partial charge in [-0.1, -0.05) is 6.07 Å². The Morgan fingerprint density at radius 2 is 2.00 bits per heavy atom. The van der Waals surface area contributed by atoms with Gasteiger partial charge >= 0.3 is 0 Å². The number of hydrogen-bond acceptors (Lipinski definition) is 4. The van der Waals surface area contributed by atoms with E-state index in [2.05, 4.69) is 29.1 Å². The molecule has 4 nitrogen and oxygen atoms in total. The zero-order valence-electron chi connectivity index (χ0n) is 12.5. The second-order valence-corrected chi connectivity index (χ2v) is 5.40. The van der Waals surface area contributed by atoms with Crippen LogP contribution in [-0.2, 0) is 19.6 Å². The van der Waals surface area contributed by atoms with Gasteiger partial charge in [0.25, 0.3) is 0 Å². The van der Waals surface area contributed by atoms with Gasteiger partial charge in [-0.25, -0.2) is 0 Å². The van der Waals surface area contributed by atoms with Crippen molar-refractivity contribution in [2.45, 2.75) is 19.6 Å². The SMILES string of the molecule is COc1ccc(COc2ccc3c(c2)CN(C)CC3)nc1. The zero-order valence-corrected chi connectivity index (χ0v) is 12.5. The second-order valence-electron chi connectivity index (χ2n) is 5.40. The summed E-state index contributed by atoms with van der Waals surface area (Å²) >= 11 is 0. The van der Waals surface area contributed by atoms with Crippen molar-refractivity contribution in [1.29, 1.82) is 0 Å². The molecule has 0 amide bonds. The number of ether oxygens (including phenoxy) is 2. The number of likely N-dealkylation sites (N-methyl/N-ethyl adjacent to an activating group) is 1. The summed E-state index contributed by atoms with van der Waals surface area (Å²) in [5, 5.41) is 0. The van der Waals surface area contributed by atoms with Crippen LogP contribution in [0.15, 0.2) is 36.5 Å². The molecular weight excluding hydrogens is 264 g/mol. The van der Waals surface area contributed by atoms with Crippen molar-refractivity contribution in [3.05, 3.63) is 53.3 Å². The van der Waals surface area contributed by atoms with Crippen LogP contribution in [0.4, 0.5) is 0 Å². The molecule has 0 aliphatic carbocycles. The van der Waals surface area contributed by atoms with Crippen molar-refractivity contribution < 1.29 is 9.47 Å². The minimum Gasteiger partial charge on any atom is -0.495 e. The van der Waals surface area contributed by atoms with E-state index in [9.17, 15) is 0 Å². The monoisotopic (exact) mass is 284 g/mol. The van der Waals surface area contributed by atoms with Gasteiger partial charge in [0.1, 0.15) is 18.1 Å². The first-order chi connectivity index (χ1) is 10.2. The Morgan fingerprint density at radius 1 is 1.14 bits per heavy atom. The number of aromatic nitrogens is 1. The van der Waals surface area contributed by atoms with Gasteiger partial charge in [0.05, 0.1) is 19.0 Å². The first kappa shape index (κ1) is 13.9. The van der Waals surface area contributed by atoms with Crippen LogP contribution in [0.2, 0.25) is 0 Å². The predicted molar refractivity (Wildman–Crippen MR) is 81.6 cm³/mol. The summed E-state index contributed by atoms with van der Waals surface area (Å²) in [4.78, 5) is 6.64. The molecule has 3 rings (SSSR count). The molecule has 0 N–H and O–H groups in total. The normalized spacial score (nSPS) is 14.6. The molecule has 0 saturated heterocycles. The highest BCUT2D eigenvalue weighted by Gasteiger charge is 2.13. The molecule has 1 aromatic heterocycles. The number of pyridine rings is 1. The fourth-order valence-corrected chi connectivity index (χ4v) is 2.54. The summed E-state index contributed by atoms with van der Waals surface area (Å²) in [6, 6.07) is 10.2. The van der Waals surface area contributed by atoms with Gasteiger partial charge in [0.2, 0.25) is 0 Å². The van der Waals surface area contributed by atoms with Crippen LogP contribution in [0, 0.1) is 0 Å². The van der Waals surface area contributed by atoms with Crippen LogP contribution in [-0.4, -0.2) is 30.6 Å². The van der Waals surface area contributed by atoms with E-state index in [-0.39, 0.29) is 0 Å². The Kier molecular flexibility index (Phi) is 4.06. The Hall–Kier alpha value is -2.07. The Bertz CT molecular complexity index is 611. The van der Waals surface area contributed by atoms with E-state index in [0.717, 1.165) is 36.7 Å². The average Bonchev–Trinajstić information content (AvgIpc) is 2.53. The lowest BCUT2D eigenvalue weighted by atomic mass is 10.00. The molecule has 21 heavy (non-hydrogen) atoms. The molecule has 110 valence electrons. The third kappa shape index (κ3) is 3.34. The lowest BCUT2D eigenvalue weighted by Crippen LogP contribution is -2.26. The molecule has 0 saturated carbocycles. The summed E-state index contributed by atoms with van der Waals surface area (Å²) in [6.07, 6.45) is 2.83. The fraction of sp³-hybridized carbons (Fsp3) is 0.353. The number of rotatable bonds is 4. The molecule has 1 aliphatic rings. The van der Waals surface area contributed by atoms with Crippen LogP contribution in [0.5, 0.6) is 11.5 Å². The minimum atomic E-state index is 0.471. The smallest absolute Gasteiger partial charge is 0.137 e. The average molecular weight is 284 g/mol. The maximum Gasteiger partial charge on any atom is 0.137 e. The maximum absolute atomic E-state index is 5.85. The fourth-order valence-electron chi connectivity index (χ4n) is 2.54. The summed E-state index contributed by atoms with van der Waals surface area (Å²) in [6.45, 7) is 2.59. The van der Waals surface area contributed by atoms with Crippen LogP contribution in [0.1, 0.15) is 16.8 Å². The first-order valence-electron chi connectivity index (χ1n) is 7.16. The van der Waals surface area contributed by atoms with E-state index >= 15 is 0 Å². The number of benzene rings is 1. The third-order valence-electron chi connectivity index (χ3n) is 3.80. The lowest BCUT2D eigenvalue weighted by molar-refractivity contribution is 0.293. The van der Waals surface area contributed by atoms with Crippen molar-refractivity contribution in [2.75, 3.05) is 20.7 Å². The lowest BCUT2D eigenvalue weighted by Gasteiger charge is -2.25. The topological polar surface area (TPSA) is 34.6 Å². The van der Waals surface area contributed by atoms with E-state index in [1.165, 1.54) is 11.1 Å². The van der Waals surface area contributed by atoms with Crippen LogP contribution >= 0.6 is 0 Å². The van der Waals surface area contributed by atoms with Gasteiger partial charge in [-0.15, -0.1) is 0 Å². The Labute approximate surface area is 125 Å². The van der Waals surface area contributed by atoms with Crippen LogP contribution in [0.3, 0.4) is 0 Å². The highest BCUT2D eigenvalue weighted by Crippen LogP contribution is 2.23. The predicted octanol–water partition coefficient (Wildman–Crippen LogP) is 2.66. The molecule has 4 heteroatoms. The van der Waals surface area contributed by atoms with Gasteiger partial charge in [-0.3, -0.25) is 4.98 Å². The molecule has 0 radical (unpaired) electrons. The van der Waals surface area contributed by atoms with Gasteiger partial charge in [0.15, 0.2) is 0 Å². The van der Waals surface area contributed by atoms with E-state index in [0.29, 0.717) is 6.61 Å². The van der Waals surface area contributed by atoms with Crippen molar-refractivity contribution >= 4 is 0 Å². The molecule has 2 heterocycles. The number of fused-ring (bicyclic) bond motifs is 1. The second kappa shape index (κ2) is 6.14. The van der Waals surface area contributed by atoms with Crippen molar-refractivity contribution in [1.82, 2.24) is 9.88 Å². The molecule has 1 aliphatic heterocycles. The van der Waals surface area contributed by atoms with E-state index in [1.54, 1.807) is 13.3 Å². The molecule has 0 bridgehead atoms. The van der Waals surface area contributed by atoms with Crippen molar-refractivity contribution in [3.63, 3.8) is 0 Å². The molecule has 2 aromatic rings. The van der Waals surface area contributed by atoms with Gasteiger partial charge in [-0.2, -0.15) is 0 Å². The van der Waals surface area contributed by atoms with E-state index in [4.69, 9.17) is 9.47 Å². The summed E-state index contributed by atoms with van der Waals surface area (Å²) in [5.74, 6) is 1.66. The van der Waals surface area contributed by atoms with Gasteiger partial charge in [0, 0.05) is 13.1 Å². The molecular formula is C17H20N2O2. The summed E-state index contributed by atoms with van der Waals surface area (Å²) < 4.78 is 10.9. The molecule has 0 spiro atoms. The number of nitrogens with zero attached hydrogens (tertiary/aromatic N) is 2. The van der Waals surface area contributed by atoms with Gasteiger partial charge in [-0.05, 0) is 48.9 Å². The quantitative estimate of drug-likeness (QED) is 0.864. The van der Waals surface area contributed by atoms with Crippen LogP contribution in [0.25, 0.3) is 0 Å².